The number of halogens is 3. The molecule has 2 aromatic carbocycles. The van der Waals surface area contributed by atoms with Gasteiger partial charge in [0, 0.05) is 44.8 Å². The van der Waals surface area contributed by atoms with E-state index in [1.54, 1.807) is 11.3 Å². The Hall–Kier alpha value is -2.65. The minimum Gasteiger partial charge on any atom is -0.351 e. The SMILES string of the molecule is CCc1cccc2sc(N3CCN(CCNC(=O)c4cccc(C(F)(F)F)c4)CC3)nc12. The van der Waals surface area contributed by atoms with E-state index >= 15 is 0 Å². The molecule has 0 spiro atoms. The zero-order valence-corrected chi connectivity index (χ0v) is 18.6. The molecule has 1 fully saturated rings. The molecule has 1 N–H and O–H groups in total. The van der Waals surface area contributed by atoms with Crippen LogP contribution in [0.5, 0.6) is 0 Å². The van der Waals surface area contributed by atoms with Crippen LogP contribution < -0.4 is 10.2 Å². The van der Waals surface area contributed by atoms with E-state index < -0.39 is 17.6 Å². The molecule has 1 aliphatic heterocycles. The molecule has 170 valence electrons. The lowest BCUT2D eigenvalue weighted by Gasteiger charge is -2.34. The summed E-state index contributed by atoms with van der Waals surface area (Å²) in [7, 11) is 0. The molecular weight excluding hydrogens is 437 g/mol. The zero-order chi connectivity index (χ0) is 22.7. The van der Waals surface area contributed by atoms with Gasteiger partial charge in [0.05, 0.1) is 15.8 Å². The Morgan fingerprint density at radius 2 is 1.88 bits per heavy atom. The third kappa shape index (κ3) is 5.05. The molecule has 2 heterocycles. The van der Waals surface area contributed by atoms with Gasteiger partial charge in [0.25, 0.3) is 5.91 Å². The minimum absolute atomic E-state index is 0.0203. The van der Waals surface area contributed by atoms with Gasteiger partial charge in [0.15, 0.2) is 5.13 Å². The number of rotatable bonds is 6. The van der Waals surface area contributed by atoms with Crippen LogP contribution in [-0.2, 0) is 12.6 Å². The van der Waals surface area contributed by atoms with E-state index in [-0.39, 0.29) is 5.56 Å². The quantitative estimate of drug-likeness (QED) is 0.589. The van der Waals surface area contributed by atoms with E-state index in [4.69, 9.17) is 4.98 Å². The number of amides is 1. The molecule has 0 unspecified atom stereocenters. The van der Waals surface area contributed by atoms with Crippen molar-refractivity contribution < 1.29 is 18.0 Å². The summed E-state index contributed by atoms with van der Waals surface area (Å²) in [5.41, 5.74) is 1.56. The first-order chi connectivity index (χ1) is 15.3. The number of para-hydroxylation sites is 1. The molecule has 0 aliphatic carbocycles. The van der Waals surface area contributed by atoms with Gasteiger partial charge in [-0.15, -0.1) is 0 Å². The van der Waals surface area contributed by atoms with Crippen molar-refractivity contribution in [3.8, 4) is 0 Å². The first-order valence-electron chi connectivity index (χ1n) is 10.7. The van der Waals surface area contributed by atoms with Crippen molar-refractivity contribution in [1.29, 1.82) is 0 Å². The fourth-order valence-electron chi connectivity index (χ4n) is 3.84. The standard InChI is InChI=1S/C23H25F3N4OS/c1-2-16-5-4-8-19-20(16)28-22(32-19)30-13-11-29(12-14-30)10-9-27-21(31)17-6-3-7-18(15-17)23(24,25)26/h3-8,15H,2,9-14H2,1H3,(H,27,31). The highest BCUT2D eigenvalue weighted by atomic mass is 32.1. The lowest BCUT2D eigenvalue weighted by Crippen LogP contribution is -2.48. The van der Waals surface area contributed by atoms with Crippen LogP contribution in [0.4, 0.5) is 18.3 Å². The molecule has 1 saturated heterocycles. The maximum absolute atomic E-state index is 12.8. The summed E-state index contributed by atoms with van der Waals surface area (Å²) in [4.78, 5) is 21.6. The van der Waals surface area contributed by atoms with Crippen molar-refractivity contribution in [1.82, 2.24) is 15.2 Å². The summed E-state index contributed by atoms with van der Waals surface area (Å²) in [5, 5.41) is 3.77. The number of nitrogens with zero attached hydrogens (tertiary/aromatic N) is 3. The Kier molecular flexibility index (Phi) is 6.66. The number of anilines is 1. The monoisotopic (exact) mass is 462 g/mol. The first kappa shape index (κ1) is 22.5. The van der Waals surface area contributed by atoms with Crippen molar-refractivity contribution in [3.05, 3.63) is 59.2 Å². The molecule has 1 amide bonds. The fourth-order valence-corrected chi connectivity index (χ4v) is 4.91. The normalized spacial score (nSPS) is 15.3. The molecule has 9 heteroatoms. The van der Waals surface area contributed by atoms with Gasteiger partial charge in [-0.25, -0.2) is 4.98 Å². The topological polar surface area (TPSA) is 48.5 Å². The second kappa shape index (κ2) is 9.46. The molecule has 0 bridgehead atoms. The summed E-state index contributed by atoms with van der Waals surface area (Å²) in [6.45, 7) is 6.56. The van der Waals surface area contributed by atoms with Gasteiger partial charge in [-0.1, -0.05) is 36.5 Å². The molecule has 3 aromatic rings. The van der Waals surface area contributed by atoms with E-state index in [2.05, 4.69) is 40.2 Å². The van der Waals surface area contributed by atoms with E-state index in [0.29, 0.717) is 13.1 Å². The van der Waals surface area contributed by atoms with Gasteiger partial charge in [-0.2, -0.15) is 13.2 Å². The molecule has 5 nitrogen and oxygen atoms in total. The zero-order valence-electron chi connectivity index (χ0n) is 17.8. The number of hydrogen-bond donors (Lipinski definition) is 1. The van der Waals surface area contributed by atoms with Gasteiger partial charge in [0.2, 0.25) is 0 Å². The molecule has 0 atom stereocenters. The Bertz CT molecular complexity index is 1090. The van der Waals surface area contributed by atoms with Gasteiger partial charge < -0.3 is 10.2 Å². The Morgan fingerprint density at radius 3 is 2.59 bits per heavy atom. The van der Waals surface area contributed by atoms with Gasteiger partial charge >= 0.3 is 6.18 Å². The molecule has 0 radical (unpaired) electrons. The number of aryl methyl sites for hydroxylation is 1. The number of benzene rings is 2. The second-order valence-corrected chi connectivity index (χ2v) is 8.79. The van der Waals surface area contributed by atoms with E-state index in [1.165, 1.54) is 22.4 Å². The predicted molar refractivity (Wildman–Crippen MR) is 121 cm³/mol. The number of nitrogens with one attached hydrogen (secondary N) is 1. The largest absolute Gasteiger partial charge is 0.416 e. The summed E-state index contributed by atoms with van der Waals surface area (Å²) in [5.74, 6) is -0.490. The first-order valence-corrected chi connectivity index (χ1v) is 11.5. The van der Waals surface area contributed by atoms with Gasteiger partial charge in [-0.05, 0) is 36.2 Å². The highest BCUT2D eigenvalue weighted by Crippen LogP contribution is 2.31. The number of fused-ring (bicyclic) bond motifs is 1. The summed E-state index contributed by atoms with van der Waals surface area (Å²) < 4.78 is 39.7. The van der Waals surface area contributed by atoms with Crippen molar-refractivity contribution in [2.45, 2.75) is 19.5 Å². The van der Waals surface area contributed by atoms with E-state index in [9.17, 15) is 18.0 Å². The molecule has 0 saturated carbocycles. The number of alkyl halides is 3. The van der Waals surface area contributed by atoms with Gasteiger partial charge in [0.1, 0.15) is 0 Å². The van der Waals surface area contributed by atoms with Crippen LogP contribution in [0.25, 0.3) is 10.2 Å². The Balaban J connectivity index is 1.27. The van der Waals surface area contributed by atoms with Crippen molar-refractivity contribution in [2.75, 3.05) is 44.2 Å². The number of aromatic nitrogens is 1. The lowest BCUT2D eigenvalue weighted by molar-refractivity contribution is -0.137. The molecule has 1 aliphatic rings. The molecule has 4 rings (SSSR count). The Morgan fingerprint density at radius 1 is 1.12 bits per heavy atom. The van der Waals surface area contributed by atoms with Gasteiger partial charge in [-0.3, -0.25) is 9.69 Å². The summed E-state index contributed by atoms with van der Waals surface area (Å²) in [6, 6.07) is 10.8. The average Bonchev–Trinajstić information content (AvgIpc) is 3.23. The molecule has 32 heavy (non-hydrogen) atoms. The van der Waals surface area contributed by atoms with Crippen molar-refractivity contribution in [2.24, 2.45) is 0 Å². The number of piperazine rings is 1. The highest BCUT2D eigenvalue weighted by molar-refractivity contribution is 7.22. The Labute approximate surface area is 188 Å². The van der Waals surface area contributed by atoms with Crippen LogP contribution in [0.1, 0.15) is 28.4 Å². The number of carbonyl (C=O) groups excluding carboxylic acids is 1. The maximum Gasteiger partial charge on any atom is 0.416 e. The lowest BCUT2D eigenvalue weighted by atomic mass is 10.1. The van der Waals surface area contributed by atoms with E-state index in [0.717, 1.165) is 55.4 Å². The summed E-state index contributed by atoms with van der Waals surface area (Å²) in [6.07, 6.45) is -3.50. The van der Waals surface area contributed by atoms with Crippen LogP contribution in [0.2, 0.25) is 0 Å². The average molecular weight is 463 g/mol. The van der Waals surface area contributed by atoms with Crippen molar-refractivity contribution in [3.63, 3.8) is 0 Å². The number of thiazole rings is 1. The van der Waals surface area contributed by atoms with Crippen LogP contribution in [0.15, 0.2) is 42.5 Å². The van der Waals surface area contributed by atoms with E-state index in [1.807, 2.05) is 0 Å². The van der Waals surface area contributed by atoms with Crippen LogP contribution in [0.3, 0.4) is 0 Å². The maximum atomic E-state index is 12.8. The van der Waals surface area contributed by atoms with Crippen LogP contribution in [0, 0.1) is 0 Å². The smallest absolute Gasteiger partial charge is 0.351 e. The predicted octanol–water partition coefficient (Wildman–Crippen LogP) is 4.43. The van der Waals surface area contributed by atoms with Crippen LogP contribution >= 0.6 is 11.3 Å². The van der Waals surface area contributed by atoms with Crippen LogP contribution in [-0.4, -0.2) is 55.1 Å². The molecule has 1 aromatic heterocycles. The third-order valence-corrected chi connectivity index (χ3v) is 6.76. The number of hydrogen-bond acceptors (Lipinski definition) is 5. The third-order valence-electron chi connectivity index (χ3n) is 5.68. The number of carbonyl (C=O) groups is 1. The molecular formula is C23H25F3N4OS. The van der Waals surface area contributed by atoms with Crippen molar-refractivity contribution >= 4 is 32.6 Å². The summed E-state index contributed by atoms with van der Waals surface area (Å²) >= 11 is 1.72. The highest BCUT2D eigenvalue weighted by Gasteiger charge is 2.31. The minimum atomic E-state index is -4.46. The second-order valence-electron chi connectivity index (χ2n) is 7.78. The fraction of sp³-hybridized carbons (Fsp3) is 0.391.